The molecule has 1 N–H and O–H groups in total. The summed E-state index contributed by atoms with van der Waals surface area (Å²) in [6.07, 6.45) is 7.07. The molecule has 0 aromatic rings. The Labute approximate surface area is 88.1 Å². The van der Waals surface area contributed by atoms with Crippen LogP contribution in [-0.4, -0.2) is 37.1 Å². The van der Waals surface area contributed by atoms with E-state index in [1.807, 2.05) is 0 Å². The third-order valence-electron chi connectivity index (χ3n) is 3.95. The molecule has 82 valence electrons. The lowest BCUT2D eigenvalue weighted by Crippen LogP contribution is -2.44. The predicted molar refractivity (Wildman–Crippen MR) is 60.5 cm³/mol. The van der Waals surface area contributed by atoms with Crippen LogP contribution in [0.2, 0.25) is 0 Å². The second-order valence-electron chi connectivity index (χ2n) is 5.28. The van der Waals surface area contributed by atoms with Gasteiger partial charge in [-0.2, -0.15) is 0 Å². The lowest BCUT2D eigenvalue weighted by Gasteiger charge is -2.32. The normalized spacial score (nSPS) is 40.3. The van der Waals surface area contributed by atoms with Crippen molar-refractivity contribution in [3.05, 3.63) is 0 Å². The van der Waals surface area contributed by atoms with Crippen molar-refractivity contribution in [2.24, 2.45) is 5.92 Å². The highest BCUT2D eigenvalue weighted by Crippen LogP contribution is 2.24. The van der Waals surface area contributed by atoms with Crippen LogP contribution in [0.25, 0.3) is 0 Å². The van der Waals surface area contributed by atoms with Crippen LogP contribution < -0.4 is 5.32 Å². The summed E-state index contributed by atoms with van der Waals surface area (Å²) >= 11 is 0. The van der Waals surface area contributed by atoms with Gasteiger partial charge in [0.2, 0.25) is 0 Å². The molecule has 2 fully saturated rings. The smallest absolute Gasteiger partial charge is 0.0209 e. The van der Waals surface area contributed by atoms with E-state index in [0.29, 0.717) is 0 Å². The van der Waals surface area contributed by atoms with Gasteiger partial charge in [-0.05, 0) is 38.8 Å². The molecule has 0 bridgehead atoms. The Kier molecular flexibility index (Phi) is 3.45. The van der Waals surface area contributed by atoms with Gasteiger partial charge in [-0.3, -0.25) is 0 Å². The molecular weight excluding hydrogens is 172 g/mol. The fraction of sp³-hybridized carbons (Fsp3) is 1.00. The number of hydrogen-bond acceptors (Lipinski definition) is 2. The Bertz CT molecular complexity index is 181. The van der Waals surface area contributed by atoms with Crippen molar-refractivity contribution in [2.75, 3.05) is 20.1 Å². The zero-order chi connectivity index (χ0) is 9.97. The van der Waals surface area contributed by atoms with E-state index < -0.39 is 0 Å². The van der Waals surface area contributed by atoms with Crippen LogP contribution in [0.15, 0.2) is 0 Å². The first-order valence-corrected chi connectivity index (χ1v) is 6.20. The highest BCUT2D eigenvalue weighted by molar-refractivity contribution is 4.86. The van der Waals surface area contributed by atoms with Gasteiger partial charge in [-0.1, -0.05) is 19.8 Å². The summed E-state index contributed by atoms with van der Waals surface area (Å²) in [7, 11) is 2.23. The van der Waals surface area contributed by atoms with Crippen LogP contribution in [-0.2, 0) is 0 Å². The van der Waals surface area contributed by atoms with Crippen LogP contribution in [0.5, 0.6) is 0 Å². The molecule has 0 unspecified atom stereocenters. The minimum Gasteiger partial charge on any atom is -0.310 e. The van der Waals surface area contributed by atoms with Crippen LogP contribution >= 0.6 is 0 Å². The maximum absolute atomic E-state index is 3.86. The number of likely N-dealkylation sites (N-methyl/N-ethyl adjacent to an activating group) is 1. The summed E-state index contributed by atoms with van der Waals surface area (Å²) in [6, 6.07) is 1.57. The summed E-state index contributed by atoms with van der Waals surface area (Å²) < 4.78 is 0. The van der Waals surface area contributed by atoms with Crippen molar-refractivity contribution >= 4 is 0 Å². The second kappa shape index (κ2) is 4.63. The van der Waals surface area contributed by atoms with Gasteiger partial charge < -0.3 is 10.2 Å². The quantitative estimate of drug-likeness (QED) is 0.725. The van der Waals surface area contributed by atoms with Crippen molar-refractivity contribution < 1.29 is 0 Å². The van der Waals surface area contributed by atoms with Gasteiger partial charge >= 0.3 is 0 Å². The molecular formula is C12H24N2. The summed E-state index contributed by atoms with van der Waals surface area (Å²) in [4.78, 5) is 2.44. The van der Waals surface area contributed by atoms with Crippen molar-refractivity contribution in [3.8, 4) is 0 Å². The van der Waals surface area contributed by atoms with Gasteiger partial charge in [-0.15, -0.1) is 0 Å². The van der Waals surface area contributed by atoms with E-state index >= 15 is 0 Å². The molecule has 0 aromatic carbocycles. The monoisotopic (exact) mass is 196 g/mol. The van der Waals surface area contributed by atoms with Gasteiger partial charge in [-0.25, -0.2) is 0 Å². The van der Waals surface area contributed by atoms with Gasteiger partial charge in [0.15, 0.2) is 0 Å². The molecule has 3 atom stereocenters. The summed E-state index contributed by atoms with van der Waals surface area (Å²) in [5.74, 6) is 0.898. The van der Waals surface area contributed by atoms with Gasteiger partial charge in [0, 0.05) is 18.6 Å². The van der Waals surface area contributed by atoms with Crippen LogP contribution in [0, 0.1) is 5.92 Å². The second-order valence-corrected chi connectivity index (χ2v) is 5.28. The molecule has 14 heavy (non-hydrogen) atoms. The van der Waals surface area contributed by atoms with E-state index in [0.717, 1.165) is 18.0 Å². The molecule has 1 aliphatic heterocycles. The van der Waals surface area contributed by atoms with Gasteiger partial charge in [0.05, 0.1) is 0 Å². The van der Waals surface area contributed by atoms with E-state index in [9.17, 15) is 0 Å². The molecule has 0 spiro atoms. The molecule has 1 saturated carbocycles. The van der Waals surface area contributed by atoms with E-state index in [1.165, 1.54) is 45.2 Å². The van der Waals surface area contributed by atoms with Crippen LogP contribution in [0.4, 0.5) is 0 Å². The molecule has 2 rings (SSSR count). The molecule has 0 amide bonds. The Morgan fingerprint density at radius 2 is 1.93 bits per heavy atom. The number of hydrogen-bond donors (Lipinski definition) is 1. The summed E-state index contributed by atoms with van der Waals surface area (Å²) in [5, 5.41) is 3.86. The summed E-state index contributed by atoms with van der Waals surface area (Å²) in [6.45, 7) is 4.94. The lowest BCUT2D eigenvalue weighted by atomic mass is 9.85. The maximum atomic E-state index is 3.86. The number of likely N-dealkylation sites (tertiary alicyclic amines) is 1. The number of nitrogens with zero attached hydrogens (tertiary/aromatic N) is 1. The minimum absolute atomic E-state index is 0.769. The highest BCUT2D eigenvalue weighted by Gasteiger charge is 2.26. The fourth-order valence-corrected chi connectivity index (χ4v) is 2.94. The molecule has 1 aliphatic carbocycles. The highest BCUT2D eigenvalue weighted by atomic mass is 15.2. The zero-order valence-electron chi connectivity index (χ0n) is 9.63. The average molecular weight is 196 g/mol. The first-order valence-electron chi connectivity index (χ1n) is 6.20. The number of rotatable bonds is 2. The van der Waals surface area contributed by atoms with Crippen molar-refractivity contribution in [2.45, 2.75) is 51.1 Å². The van der Waals surface area contributed by atoms with E-state index in [1.54, 1.807) is 0 Å². The Hall–Kier alpha value is -0.0800. The topological polar surface area (TPSA) is 15.3 Å². The molecule has 2 heteroatoms. The molecule has 1 heterocycles. The SMILES string of the molecule is C[C@H]1CCCC[C@H]1N[C@@H]1CCN(C)C1. The molecule has 1 saturated heterocycles. The Morgan fingerprint density at radius 1 is 1.14 bits per heavy atom. The minimum atomic E-state index is 0.769. The maximum Gasteiger partial charge on any atom is 0.0209 e. The van der Waals surface area contributed by atoms with E-state index in [2.05, 4.69) is 24.2 Å². The van der Waals surface area contributed by atoms with Crippen molar-refractivity contribution in [1.82, 2.24) is 10.2 Å². The Balaban J connectivity index is 1.78. The average Bonchev–Trinajstić information content (AvgIpc) is 2.56. The number of nitrogens with one attached hydrogen (secondary N) is 1. The molecule has 0 radical (unpaired) electrons. The molecule has 2 nitrogen and oxygen atoms in total. The predicted octanol–water partition coefficient (Wildman–Crippen LogP) is 1.86. The van der Waals surface area contributed by atoms with Crippen LogP contribution in [0.3, 0.4) is 0 Å². The first kappa shape index (κ1) is 10.4. The first-order chi connectivity index (χ1) is 6.75. The fourth-order valence-electron chi connectivity index (χ4n) is 2.94. The Morgan fingerprint density at radius 3 is 2.57 bits per heavy atom. The summed E-state index contributed by atoms with van der Waals surface area (Å²) in [5.41, 5.74) is 0. The largest absolute Gasteiger partial charge is 0.310 e. The lowest BCUT2D eigenvalue weighted by molar-refractivity contribution is 0.257. The van der Waals surface area contributed by atoms with Gasteiger partial charge in [0.25, 0.3) is 0 Å². The zero-order valence-corrected chi connectivity index (χ0v) is 9.63. The van der Waals surface area contributed by atoms with E-state index in [-0.39, 0.29) is 0 Å². The van der Waals surface area contributed by atoms with E-state index in [4.69, 9.17) is 0 Å². The molecule has 2 aliphatic rings. The van der Waals surface area contributed by atoms with Crippen LogP contribution in [0.1, 0.15) is 39.0 Å². The third-order valence-corrected chi connectivity index (χ3v) is 3.95. The standard InChI is InChI=1S/C12H24N2/c1-10-5-3-4-6-12(10)13-11-7-8-14(2)9-11/h10-13H,3-9H2,1-2H3/t10-,11+,12+/m0/s1. The van der Waals surface area contributed by atoms with Crippen molar-refractivity contribution in [3.63, 3.8) is 0 Å². The van der Waals surface area contributed by atoms with Gasteiger partial charge in [0.1, 0.15) is 0 Å². The van der Waals surface area contributed by atoms with Crippen molar-refractivity contribution in [1.29, 1.82) is 0 Å². The third kappa shape index (κ3) is 2.48. The molecule has 0 aromatic heterocycles.